The van der Waals surface area contributed by atoms with Crippen molar-refractivity contribution in [2.45, 2.75) is 0 Å². The average molecular weight is 759 g/mol. The molecule has 0 aromatic heterocycles. The molecule has 0 unspecified atom stereocenters. The topological polar surface area (TPSA) is 47.1 Å². The number of hydrogen-bond acceptors (Lipinski definition) is 2. The van der Waals surface area contributed by atoms with Crippen LogP contribution in [-0.4, -0.2) is 0 Å². The highest BCUT2D eigenvalue weighted by molar-refractivity contribution is 7.76. The van der Waals surface area contributed by atoms with E-state index in [0.29, 0.717) is 56.1 Å². The Morgan fingerprint density at radius 2 is 0.500 bits per heavy atom. The predicted octanol–water partition coefficient (Wildman–Crippen LogP) is 11.9. The van der Waals surface area contributed by atoms with E-state index < -0.39 is 38.2 Å². The summed E-state index contributed by atoms with van der Waals surface area (Å²) in [5.41, 5.74) is 4.20. The van der Waals surface area contributed by atoms with Crippen molar-refractivity contribution >= 4 is 71.0 Å². The van der Waals surface area contributed by atoms with Crippen molar-refractivity contribution in [3.63, 3.8) is 0 Å². The molecule has 54 heavy (non-hydrogen) atoms. The Morgan fingerprint density at radius 3 is 0.704 bits per heavy atom. The minimum Gasteiger partial charge on any atom is -0.270 e. The van der Waals surface area contributed by atoms with E-state index in [1.54, 1.807) is 91.5 Å². The van der Waals surface area contributed by atoms with Gasteiger partial charge < -0.3 is 0 Å². The lowest BCUT2D eigenvalue weighted by Gasteiger charge is -2.35. The first-order valence-electron chi connectivity index (χ1n) is 16.9. The Morgan fingerprint density at radius 1 is 0.296 bits per heavy atom. The normalized spacial score (nSPS) is 15.3. The molecular weight excluding hydrogens is 730 g/mol. The Labute approximate surface area is 308 Å². The highest BCUT2D eigenvalue weighted by atomic mass is 31.2. The van der Waals surface area contributed by atoms with Gasteiger partial charge in [0.2, 0.25) is 0 Å². The number of rotatable bonds is 6. The van der Waals surface area contributed by atoms with Crippen molar-refractivity contribution in [1.29, 1.82) is 0 Å². The van der Waals surface area contributed by atoms with Gasteiger partial charge in [-0.15, -0.1) is 0 Å². The molecule has 0 aliphatic carbocycles. The second-order valence-electron chi connectivity index (χ2n) is 12.7. The number of anilines is 8. The largest absolute Gasteiger partial charge is 0.301 e. The number of nitrogens with zero attached hydrogens (tertiary/aromatic N) is 4. The van der Waals surface area contributed by atoms with E-state index in [4.69, 9.17) is 0 Å². The van der Waals surface area contributed by atoms with Crippen molar-refractivity contribution in [2.24, 2.45) is 0 Å². The Hall–Kier alpha value is -6.08. The first-order valence-corrected chi connectivity index (χ1v) is 20.1. The number of para-hydroxylation sites is 4. The third kappa shape index (κ3) is 5.17. The smallest absolute Gasteiger partial charge is 0.270 e. The lowest BCUT2D eigenvalue weighted by molar-refractivity contribution is 0.581. The van der Waals surface area contributed by atoms with E-state index in [9.17, 15) is 17.6 Å². The van der Waals surface area contributed by atoms with Gasteiger partial charge in [0.25, 0.3) is 0 Å². The van der Waals surface area contributed by atoms with Crippen LogP contribution in [0.2, 0.25) is 0 Å². The minimum atomic E-state index is -3.97. The molecule has 7 aromatic carbocycles. The molecule has 6 nitrogen and oxygen atoms in total. The minimum absolute atomic E-state index is 0.348. The number of halogens is 4. The average Bonchev–Trinajstić information content (AvgIpc) is 3.62. The third-order valence-corrected chi connectivity index (χ3v) is 15.5. The van der Waals surface area contributed by atoms with Crippen molar-refractivity contribution in [3.05, 3.63) is 193 Å². The maximum absolute atomic E-state index is 16.1. The van der Waals surface area contributed by atoms with Crippen LogP contribution in [0.25, 0.3) is 0 Å². The molecule has 0 fully saturated rings. The lowest BCUT2D eigenvalue weighted by atomic mass is 10.2. The van der Waals surface area contributed by atoms with Crippen LogP contribution in [0, 0.1) is 23.3 Å². The molecule has 7 aromatic rings. The van der Waals surface area contributed by atoms with Gasteiger partial charge in [0.05, 0.1) is 33.4 Å². The Bertz CT molecular complexity index is 2290. The van der Waals surface area contributed by atoms with E-state index in [1.165, 1.54) is 48.5 Å². The quantitative estimate of drug-likeness (QED) is 0.124. The van der Waals surface area contributed by atoms with E-state index >= 15 is 9.13 Å². The van der Waals surface area contributed by atoms with Crippen molar-refractivity contribution in [2.75, 3.05) is 18.7 Å². The van der Waals surface area contributed by atoms with Gasteiger partial charge in [-0.05, 0) is 146 Å². The molecule has 0 saturated carbocycles. The standard InChI is InChI=1S/C42H28F4N4O2P2/c43-29-9-17-33(18-10-29)47-39-5-1-2-6-40(39)48(34-19-11-30(44)12-20-34)53(47,51)37-25-27-38(28-26-37)54(52)49(35-21-13-31(45)14-22-35)41-7-3-4-8-42(41)50(54)36-23-15-32(46)16-24-36/h1-28H. The molecule has 0 atom stereocenters. The summed E-state index contributed by atoms with van der Waals surface area (Å²) in [5, 5.41) is 0.696. The van der Waals surface area contributed by atoms with E-state index in [2.05, 4.69) is 0 Å². The van der Waals surface area contributed by atoms with E-state index in [0.717, 1.165) is 0 Å². The zero-order valence-electron chi connectivity index (χ0n) is 28.2. The summed E-state index contributed by atoms with van der Waals surface area (Å²) >= 11 is 0. The molecule has 0 amide bonds. The molecule has 2 aliphatic heterocycles. The van der Waals surface area contributed by atoms with Crippen LogP contribution in [0.4, 0.5) is 63.1 Å². The van der Waals surface area contributed by atoms with Crippen LogP contribution in [0.15, 0.2) is 170 Å². The maximum atomic E-state index is 16.1. The first-order chi connectivity index (χ1) is 26.2. The van der Waals surface area contributed by atoms with Crippen LogP contribution in [0.1, 0.15) is 0 Å². The highest BCUT2D eigenvalue weighted by Gasteiger charge is 2.51. The number of fused-ring (bicyclic) bond motifs is 2. The SMILES string of the molecule is O=P1(c2ccc(P3(=O)N(c4ccc(F)cc4)c4ccccc4N3c3ccc(F)cc3)cc2)N(c2ccc(F)cc2)c2ccccc2N1c1ccc(F)cc1. The zero-order chi connectivity index (χ0) is 37.2. The van der Waals surface area contributed by atoms with Crippen LogP contribution >= 0.6 is 14.9 Å². The predicted molar refractivity (Wildman–Crippen MR) is 208 cm³/mol. The molecule has 0 spiro atoms. The molecule has 0 bridgehead atoms. The second-order valence-corrected chi connectivity index (χ2v) is 17.5. The molecule has 0 saturated heterocycles. The van der Waals surface area contributed by atoms with Crippen molar-refractivity contribution < 1.29 is 26.7 Å². The summed E-state index contributed by atoms with van der Waals surface area (Å²) in [4.78, 5) is 0. The Balaban J connectivity index is 1.25. The fourth-order valence-corrected chi connectivity index (χ4v) is 13.2. The summed E-state index contributed by atoms with van der Waals surface area (Å²) in [6.45, 7) is 0. The third-order valence-electron chi connectivity index (χ3n) is 9.57. The molecule has 2 aliphatic rings. The first kappa shape index (κ1) is 33.7. The molecule has 0 N–H and O–H groups in total. The summed E-state index contributed by atoms with van der Waals surface area (Å²) in [7, 11) is -7.93. The van der Waals surface area contributed by atoms with Gasteiger partial charge in [0.1, 0.15) is 23.3 Å². The lowest BCUT2D eigenvalue weighted by Crippen LogP contribution is -2.30. The van der Waals surface area contributed by atoms with Gasteiger partial charge >= 0.3 is 14.9 Å². The molecule has 12 heteroatoms. The van der Waals surface area contributed by atoms with Gasteiger partial charge in [-0.2, -0.15) is 0 Å². The van der Waals surface area contributed by atoms with Crippen LogP contribution in [0.5, 0.6) is 0 Å². The summed E-state index contributed by atoms with van der Waals surface area (Å²) < 4.78 is 95.9. The van der Waals surface area contributed by atoms with Gasteiger partial charge in [0, 0.05) is 22.7 Å². The van der Waals surface area contributed by atoms with Gasteiger partial charge in [-0.1, -0.05) is 24.3 Å². The molecule has 9 rings (SSSR count). The number of benzene rings is 7. The summed E-state index contributed by atoms with van der Waals surface area (Å²) in [6.07, 6.45) is 0. The fraction of sp³-hybridized carbons (Fsp3) is 0. The maximum Gasteiger partial charge on any atom is 0.301 e. The Kier molecular flexibility index (Phi) is 8.00. The summed E-state index contributed by atoms with van der Waals surface area (Å²) in [6, 6.07) is 43.9. The van der Waals surface area contributed by atoms with E-state index in [1.807, 2.05) is 48.5 Å². The van der Waals surface area contributed by atoms with Crippen LogP contribution in [0.3, 0.4) is 0 Å². The van der Waals surface area contributed by atoms with Crippen molar-refractivity contribution in [1.82, 2.24) is 0 Å². The van der Waals surface area contributed by atoms with Crippen LogP contribution < -0.4 is 29.3 Å². The molecule has 266 valence electrons. The second kappa shape index (κ2) is 12.8. The monoisotopic (exact) mass is 758 g/mol. The van der Waals surface area contributed by atoms with Gasteiger partial charge in [-0.3, -0.25) is 27.8 Å². The van der Waals surface area contributed by atoms with Crippen molar-refractivity contribution in [3.8, 4) is 0 Å². The van der Waals surface area contributed by atoms with Crippen LogP contribution in [-0.2, 0) is 9.13 Å². The number of hydrogen-bond donors (Lipinski definition) is 0. The zero-order valence-corrected chi connectivity index (χ0v) is 30.0. The molecular formula is C42H28F4N4O2P2. The summed E-state index contributed by atoms with van der Waals surface area (Å²) in [5.74, 6) is -1.84. The van der Waals surface area contributed by atoms with Gasteiger partial charge in [-0.25, -0.2) is 17.6 Å². The molecule has 2 heterocycles. The highest BCUT2D eigenvalue weighted by Crippen LogP contribution is 2.72. The van der Waals surface area contributed by atoms with Gasteiger partial charge in [0.15, 0.2) is 0 Å². The fourth-order valence-electron chi connectivity index (χ4n) is 7.22. The van der Waals surface area contributed by atoms with E-state index in [-0.39, 0.29) is 0 Å². The molecule has 0 radical (unpaired) electrons.